The number of hydrogen-bond acceptors (Lipinski definition) is 4. The van der Waals surface area contributed by atoms with Gasteiger partial charge in [-0.25, -0.2) is 4.98 Å². The highest BCUT2D eigenvalue weighted by molar-refractivity contribution is 7.13. The van der Waals surface area contributed by atoms with Gasteiger partial charge in [-0.3, -0.25) is 4.79 Å². The van der Waals surface area contributed by atoms with Gasteiger partial charge in [0.05, 0.1) is 16.8 Å². The molecular formula is C16H26N2O2S. The lowest BCUT2D eigenvalue weighted by molar-refractivity contribution is 0.0468. The van der Waals surface area contributed by atoms with E-state index in [1.54, 1.807) is 0 Å². The van der Waals surface area contributed by atoms with Crippen molar-refractivity contribution in [2.45, 2.75) is 53.1 Å². The molecule has 1 saturated heterocycles. The van der Waals surface area contributed by atoms with Gasteiger partial charge < -0.3 is 10.0 Å². The zero-order valence-corrected chi connectivity index (χ0v) is 14.2. The fourth-order valence-corrected chi connectivity index (χ4v) is 3.81. The number of rotatable bonds is 4. The van der Waals surface area contributed by atoms with E-state index in [-0.39, 0.29) is 17.9 Å². The maximum absolute atomic E-state index is 12.8. The lowest BCUT2D eigenvalue weighted by Crippen LogP contribution is -2.43. The summed E-state index contributed by atoms with van der Waals surface area (Å²) >= 11 is 1.50. The molecule has 0 radical (unpaired) electrons. The van der Waals surface area contributed by atoms with E-state index < -0.39 is 0 Å². The Morgan fingerprint density at radius 3 is 2.81 bits per heavy atom. The molecule has 2 rings (SSSR count). The number of aliphatic hydroxyl groups excluding tert-OH is 1. The molecule has 1 aliphatic rings. The largest absolute Gasteiger partial charge is 0.393 e. The highest BCUT2D eigenvalue weighted by atomic mass is 32.1. The van der Waals surface area contributed by atoms with Crippen LogP contribution in [0.2, 0.25) is 0 Å². The van der Waals surface area contributed by atoms with Crippen molar-refractivity contribution in [3.8, 4) is 0 Å². The molecule has 0 aromatic carbocycles. The summed E-state index contributed by atoms with van der Waals surface area (Å²) in [5.41, 5.74) is 0.941. The molecule has 4 nitrogen and oxygen atoms in total. The molecule has 1 aromatic heterocycles. The molecule has 1 N–H and O–H groups in total. The summed E-state index contributed by atoms with van der Waals surface area (Å²) in [6, 6.07) is 0. The number of aryl methyl sites for hydroxylation is 1. The van der Waals surface area contributed by atoms with E-state index in [1.807, 2.05) is 18.7 Å². The predicted molar refractivity (Wildman–Crippen MR) is 85.7 cm³/mol. The smallest absolute Gasteiger partial charge is 0.265 e. The van der Waals surface area contributed by atoms with Crippen molar-refractivity contribution in [3.63, 3.8) is 0 Å². The second-order valence-corrected chi connectivity index (χ2v) is 7.70. The Hall–Kier alpha value is -0.940. The van der Waals surface area contributed by atoms with Crippen LogP contribution in [0.3, 0.4) is 0 Å². The van der Waals surface area contributed by atoms with Crippen molar-refractivity contribution >= 4 is 17.2 Å². The number of hydrogen-bond donors (Lipinski definition) is 1. The number of aromatic nitrogens is 1. The Bertz CT molecular complexity index is 496. The topological polar surface area (TPSA) is 53.4 Å². The molecule has 2 atom stereocenters. The zero-order chi connectivity index (χ0) is 15.6. The summed E-state index contributed by atoms with van der Waals surface area (Å²) in [6.45, 7) is 9.52. The van der Waals surface area contributed by atoms with Gasteiger partial charge in [-0.1, -0.05) is 13.8 Å². The normalized spacial score (nSPS) is 20.9. The summed E-state index contributed by atoms with van der Waals surface area (Å²) in [4.78, 5) is 20.0. The summed E-state index contributed by atoms with van der Waals surface area (Å²) < 4.78 is 0. The number of carbonyl (C=O) groups is 1. The maximum atomic E-state index is 12.8. The number of amides is 1. The fourth-order valence-electron chi connectivity index (χ4n) is 2.89. The molecule has 0 aliphatic carbocycles. The minimum absolute atomic E-state index is 0.0987. The summed E-state index contributed by atoms with van der Waals surface area (Å²) in [5.74, 6) is 0.788. The third-order valence-electron chi connectivity index (χ3n) is 4.03. The van der Waals surface area contributed by atoms with Crippen LogP contribution in [0.1, 0.15) is 54.0 Å². The average Bonchev–Trinajstić information content (AvgIpc) is 2.78. The third-order valence-corrected chi connectivity index (χ3v) is 5.03. The van der Waals surface area contributed by atoms with Crippen molar-refractivity contribution in [2.75, 3.05) is 13.1 Å². The molecule has 0 spiro atoms. The van der Waals surface area contributed by atoms with Crippen molar-refractivity contribution < 1.29 is 9.90 Å². The Balaban J connectivity index is 2.15. The third kappa shape index (κ3) is 4.04. The predicted octanol–water partition coefficient (Wildman–Crippen LogP) is 2.88. The lowest BCUT2D eigenvalue weighted by atomic mass is 9.93. The molecule has 1 amide bonds. The van der Waals surface area contributed by atoms with Gasteiger partial charge in [0.25, 0.3) is 5.91 Å². The van der Waals surface area contributed by atoms with Crippen molar-refractivity contribution in [1.82, 2.24) is 9.88 Å². The van der Waals surface area contributed by atoms with Gasteiger partial charge >= 0.3 is 0 Å². The van der Waals surface area contributed by atoms with Crippen LogP contribution in [-0.4, -0.2) is 40.1 Å². The molecular weight excluding hydrogens is 284 g/mol. The molecule has 21 heavy (non-hydrogen) atoms. The molecule has 2 unspecified atom stereocenters. The van der Waals surface area contributed by atoms with Gasteiger partial charge in [0.2, 0.25) is 0 Å². The molecule has 1 fully saturated rings. The number of thiazole rings is 1. The molecule has 1 aromatic rings. The molecule has 0 saturated carbocycles. The minimum atomic E-state index is -0.348. The van der Waals surface area contributed by atoms with E-state index in [4.69, 9.17) is 0 Å². The highest BCUT2D eigenvalue weighted by Gasteiger charge is 2.29. The number of carbonyl (C=O) groups excluding carboxylic acids is 1. The molecule has 0 bridgehead atoms. The highest BCUT2D eigenvalue weighted by Crippen LogP contribution is 2.26. The SMILES string of the molecule is Cc1nc(CC(C)C)c(C(=O)N2CCCC(C(C)O)C2)s1. The van der Waals surface area contributed by atoms with E-state index >= 15 is 0 Å². The van der Waals surface area contributed by atoms with Crippen LogP contribution in [-0.2, 0) is 6.42 Å². The van der Waals surface area contributed by atoms with E-state index in [0.717, 1.165) is 41.4 Å². The molecule has 118 valence electrons. The van der Waals surface area contributed by atoms with Gasteiger partial charge in [0.15, 0.2) is 0 Å². The summed E-state index contributed by atoms with van der Waals surface area (Å²) in [6.07, 6.45) is 2.47. The Labute approximate surface area is 131 Å². The zero-order valence-electron chi connectivity index (χ0n) is 13.4. The number of aliphatic hydroxyl groups is 1. The summed E-state index contributed by atoms with van der Waals surface area (Å²) in [7, 11) is 0. The minimum Gasteiger partial charge on any atom is -0.393 e. The van der Waals surface area contributed by atoms with E-state index in [0.29, 0.717) is 12.5 Å². The first-order chi connectivity index (χ1) is 9.88. The van der Waals surface area contributed by atoms with Crippen LogP contribution in [0, 0.1) is 18.8 Å². The lowest BCUT2D eigenvalue weighted by Gasteiger charge is -2.34. The van der Waals surface area contributed by atoms with Crippen molar-refractivity contribution in [2.24, 2.45) is 11.8 Å². The van der Waals surface area contributed by atoms with E-state index in [2.05, 4.69) is 18.8 Å². The first-order valence-electron chi connectivity index (χ1n) is 7.82. The Morgan fingerprint density at radius 2 is 2.19 bits per heavy atom. The van der Waals surface area contributed by atoms with Crippen LogP contribution >= 0.6 is 11.3 Å². The Morgan fingerprint density at radius 1 is 1.48 bits per heavy atom. The van der Waals surface area contributed by atoms with E-state index in [9.17, 15) is 9.90 Å². The maximum Gasteiger partial charge on any atom is 0.265 e. The van der Waals surface area contributed by atoms with Crippen LogP contribution in [0.5, 0.6) is 0 Å². The van der Waals surface area contributed by atoms with Gasteiger partial charge in [-0.05, 0) is 39.0 Å². The number of piperidine rings is 1. The van der Waals surface area contributed by atoms with E-state index in [1.165, 1.54) is 11.3 Å². The molecule has 5 heteroatoms. The van der Waals surface area contributed by atoms with Crippen molar-refractivity contribution in [1.29, 1.82) is 0 Å². The summed E-state index contributed by atoms with van der Waals surface area (Å²) in [5, 5.41) is 10.7. The van der Waals surface area contributed by atoms with Gasteiger partial charge in [-0.15, -0.1) is 11.3 Å². The second-order valence-electron chi connectivity index (χ2n) is 6.50. The molecule has 1 aliphatic heterocycles. The van der Waals surface area contributed by atoms with Gasteiger partial charge in [0.1, 0.15) is 4.88 Å². The van der Waals surface area contributed by atoms with Gasteiger partial charge in [0, 0.05) is 19.0 Å². The number of nitrogens with zero attached hydrogens (tertiary/aromatic N) is 2. The number of likely N-dealkylation sites (tertiary alicyclic amines) is 1. The second kappa shape index (κ2) is 6.88. The Kier molecular flexibility index (Phi) is 5.38. The van der Waals surface area contributed by atoms with Gasteiger partial charge in [-0.2, -0.15) is 0 Å². The first-order valence-corrected chi connectivity index (χ1v) is 8.63. The molecule has 2 heterocycles. The fraction of sp³-hybridized carbons (Fsp3) is 0.750. The monoisotopic (exact) mass is 310 g/mol. The first kappa shape index (κ1) is 16.4. The standard InChI is InChI=1S/C16H26N2O2S/c1-10(2)8-14-15(21-12(4)17-14)16(20)18-7-5-6-13(9-18)11(3)19/h10-11,13,19H,5-9H2,1-4H3. The average molecular weight is 310 g/mol. The van der Waals surface area contributed by atoms with Crippen molar-refractivity contribution in [3.05, 3.63) is 15.6 Å². The van der Waals surface area contributed by atoms with Crippen LogP contribution < -0.4 is 0 Å². The van der Waals surface area contributed by atoms with Crippen LogP contribution in [0.4, 0.5) is 0 Å². The quantitative estimate of drug-likeness (QED) is 0.930. The van der Waals surface area contributed by atoms with Crippen LogP contribution in [0.15, 0.2) is 0 Å². The van der Waals surface area contributed by atoms with Crippen LogP contribution in [0.25, 0.3) is 0 Å².